The minimum Gasteiger partial charge on any atom is -0.348 e. The summed E-state index contributed by atoms with van der Waals surface area (Å²) < 4.78 is 39.8. The van der Waals surface area contributed by atoms with E-state index in [2.05, 4.69) is 20.4 Å². The van der Waals surface area contributed by atoms with E-state index in [1.54, 1.807) is 4.90 Å². The Hall–Kier alpha value is -2.65. The van der Waals surface area contributed by atoms with Gasteiger partial charge < -0.3 is 10.2 Å². The lowest BCUT2D eigenvalue weighted by Crippen LogP contribution is -2.28. The van der Waals surface area contributed by atoms with Gasteiger partial charge in [-0.2, -0.15) is 18.3 Å². The second-order valence-corrected chi connectivity index (χ2v) is 5.76. The van der Waals surface area contributed by atoms with Crippen molar-refractivity contribution in [1.82, 2.24) is 24.6 Å². The van der Waals surface area contributed by atoms with Gasteiger partial charge in [0.15, 0.2) is 0 Å². The van der Waals surface area contributed by atoms with Gasteiger partial charge in [0.25, 0.3) is 0 Å². The fourth-order valence-electron chi connectivity index (χ4n) is 2.65. The summed E-state index contributed by atoms with van der Waals surface area (Å²) >= 11 is 0. The van der Waals surface area contributed by atoms with Crippen LogP contribution < -0.4 is 5.32 Å². The Morgan fingerprint density at radius 3 is 2.88 bits per heavy atom. The molecule has 0 saturated heterocycles. The smallest absolute Gasteiger partial charge is 0.348 e. The first kappa shape index (κ1) is 17.2. The normalized spacial score (nSPS) is 14.8. The maximum atomic E-state index is 12.7. The summed E-state index contributed by atoms with van der Waals surface area (Å²) in [5.74, 6) is -0.102. The van der Waals surface area contributed by atoms with Gasteiger partial charge in [-0.25, -0.2) is 9.97 Å². The number of carbonyl (C=O) groups is 1. The fourth-order valence-corrected chi connectivity index (χ4v) is 2.65. The Morgan fingerprint density at radius 2 is 2.16 bits per heavy atom. The number of fused-ring (bicyclic) bond motifs is 1. The lowest BCUT2D eigenvalue weighted by Gasteiger charge is -2.17. The van der Waals surface area contributed by atoms with Crippen molar-refractivity contribution in [1.29, 1.82) is 0 Å². The maximum absolute atomic E-state index is 12.7. The van der Waals surface area contributed by atoms with E-state index in [-0.39, 0.29) is 18.4 Å². The highest BCUT2D eigenvalue weighted by Gasteiger charge is 2.32. The fraction of sp³-hybridized carbons (Fsp3) is 0.467. The van der Waals surface area contributed by atoms with Gasteiger partial charge in [0.05, 0.1) is 24.5 Å². The Morgan fingerprint density at radius 1 is 1.36 bits per heavy atom. The van der Waals surface area contributed by atoms with E-state index in [1.807, 2.05) is 10.7 Å². The van der Waals surface area contributed by atoms with Gasteiger partial charge in [0.1, 0.15) is 5.69 Å². The molecule has 25 heavy (non-hydrogen) atoms. The summed E-state index contributed by atoms with van der Waals surface area (Å²) in [7, 11) is 0. The lowest BCUT2D eigenvalue weighted by atomic mass is 10.3. The Kier molecular flexibility index (Phi) is 4.60. The van der Waals surface area contributed by atoms with Crippen molar-refractivity contribution >= 4 is 11.9 Å². The molecule has 2 aromatic rings. The monoisotopic (exact) mass is 354 g/mol. The van der Waals surface area contributed by atoms with Gasteiger partial charge in [0, 0.05) is 26.2 Å². The molecule has 0 saturated carbocycles. The van der Waals surface area contributed by atoms with Gasteiger partial charge in [-0.15, -0.1) is 0 Å². The molecule has 0 aromatic carbocycles. The number of nitrogens with zero attached hydrogens (tertiary/aromatic N) is 5. The van der Waals surface area contributed by atoms with Crippen LogP contribution in [0.4, 0.5) is 19.1 Å². The summed E-state index contributed by atoms with van der Waals surface area (Å²) in [5, 5.41) is 7.18. The molecular formula is C15H17F3N6O. The standard InChI is InChI=1S/C15H17F3N6O/c1-10(25)23-5-2-6-24-12(9-23)7-11(22-24)8-20-14-19-4-3-13(21-14)15(16,17)18/h3-4,7H,2,5-6,8-9H2,1H3,(H,19,20,21). The third kappa shape index (κ3) is 4.06. The predicted octanol–water partition coefficient (Wildman–Crippen LogP) is 2.06. The average Bonchev–Trinajstić information content (AvgIpc) is 2.82. The highest BCUT2D eigenvalue weighted by Crippen LogP contribution is 2.27. The first-order valence-corrected chi connectivity index (χ1v) is 7.78. The van der Waals surface area contributed by atoms with E-state index in [4.69, 9.17) is 0 Å². The minimum atomic E-state index is -4.51. The lowest BCUT2D eigenvalue weighted by molar-refractivity contribution is -0.141. The molecule has 1 N–H and O–H groups in total. The topological polar surface area (TPSA) is 75.9 Å². The predicted molar refractivity (Wildman–Crippen MR) is 82.3 cm³/mol. The zero-order chi connectivity index (χ0) is 18.0. The van der Waals surface area contributed by atoms with Crippen molar-refractivity contribution in [2.75, 3.05) is 11.9 Å². The Bertz CT molecular complexity index is 773. The van der Waals surface area contributed by atoms with E-state index in [0.29, 0.717) is 25.3 Å². The molecule has 0 fully saturated rings. The van der Waals surface area contributed by atoms with Gasteiger partial charge in [0.2, 0.25) is 11.9 Å². The largest absolute Gasteiger partial charge is 0.433 e. The molecule has 0 bridgehead atoms. The van der Waals surface area contributed by atoms with Crippen molar-refractivity contribution in [3.8, 4) is 0 Å². The van der Waals surface area contributed by atoms with Crippen molar-refractivity contribution in [2.24, 2.45) is 0 Å². The number of aromatic nitrogens is 4. The summed E-state index contributed by atoms with van der Waals surface area (Å²) in [6.45, 7) is 3.58. The number of rotatable bonds is 3. The number of anilines is 1. The van der Waals surface area contributed by atoms with Crippen LogP contribution in [-0.2, 0) is 30.6 Å². The molecule has 7 nitrogen and oxygen atoms in total. The number of amides is 1. The number of nitrogens with one attached hydrogen (secondary N) is 1. The van der Waals surface area contributed by atoms with Crippen LogP contribution in [0.3, 0.4) is 0 Å². The third-order valence-electron chi connectivity index (χ3n) is 3.88. The number of alkyl halides is 3. The quantitative estimate of drug-likeness (QED) is 0.913. The molecule has 3 heterocycles. The first-order valence-electron chi connectivity index (χ1n) is 7.78. The molecule has 1 aliphatic rings. The third-order valence-corrected chi connectivity index (χ3v) is 3.88. The second kappa shape index (κ2) is 6.69. The van der Waals surface area contributed by atoms with Crippen LogP contribution in [0.15, 0.2) is 18.3 Å². The Labute approximate surface area is 141 Å². The van der Waals surface area contributed by atoms with E-state index in [0.717, 1.165) is 24.4 Å². The summed E-state index contributed by atoms with van der Waals surface area (Å²) in [4.78, 5) is 20.6. The molecule has 2 aromatic heterocycles. The zero-order valence-corrected chi connectivity index (χ0v) is 13.5. The molecule has 10 heteroatoms. The van der Waals surface area contributed by atoms with Crippen molar-refractivity contribution in [2.45, 2.75) is 39.2 Å². The second-order valence-electron chi connectivity index (χ2n) is 5.76. The molecule has 134 valence electrons. The van der Waals surface area contributed by atoms with Crippen molar-refractivity contribution in [3.63, 3.8) is 0 Å². The molecule has 3 rings (SSSR count). The van der Waals surface area contributed by atoms with E-state index < -0.39 is 11.9 Å². The van der Waals surface area contributed by atoms with Gasteiger partial charge in [-0.3, -0.25) is 9.48 Å². The number of hydrogen-bond acceptors (Lipinski definition) is 5. The maximum Gasteiger partial charge on any atom is 0.433 e. The SMILES string of the molecule is CC(=O)N1CCCn2nc(CNc3nccc(C(F)(F)F)n3)cc2C1. The highest BCUT2D eigenvalue weighted by molar-refractivity contribution is 5.73. The summed E-state index contributed by atoms with van der Waals surface area (Å²) in [6, 6.07) is 2.65. The molecule has 0 atom stereocenters. The molecule has 0 aliphatic carbocycles. The molecule has 0 spiro atoms. The average molecular weight is 354 g/mol. The molecule has 1 aliphatic heterocycles. The first-order chi connectivity index (χ1) is 11.8. The molecule has 0 radical (unpaired) electrons. The summed E-state index contributed by atoms with van der Waals surface area (Å²) in [5.41, 5.74) is 0.554. The summed E-state index contributed by atoms with van der Waals surface area (Å²) in [6.07, 6.45) is -2.65. The van der Waals surface area contributed by atoms with E-state index >= 15 is 0 Å². The van der Waals surface area contributed by atoms with Gasteiger partial charge in [-0.1, -0.05) is 0 Å². The van der Waals surface area contributed by atoms with Gasteiger partial charge >= 0.3 is 6.18 Å². The van der Waals surface area contributed by atoms with Crippen LogP contribution in [0.5, 0.6) is 0 Å². The Balaban J connectivity index is 1.69. The molecule has 0 unspecified atom stereocenters. The van der Waals surface area contributed by atoms with Crippen LogP contribution in [0.1, 0.15) is 30.4 Å². The number of halogens is 3. The minimum absolute atomic E-state index is 0.00620. The number of carbonyl (C=O) groups excluding carboxylic acids is 1. The highest BCUT2D eigenvalue weighted by atomic mass is 19.4. The number of hydrogen-bond donors (Lipinski definition) is 1. The van der Waals surface area contributed by atoms with Gasteiger partial charge in [-0.05, 0) is 18.6 Å². The molecule has 1 amide bonds. The van der Waals surface area contributed by atoms with Crippen LogP contribution >= 0.6 is 0 Å². The van der Waals surface area contributed by atoms with E-state index in [9.17, 15) is 18.0 Å². The van der Waals surface area contributed by atoms with Crippen molar-refractivity contribution < 1.29 is 18.0 Å². The van der Waals surface area contributed by atoms with Crippen molar-refractivity contribution in [3.05, 3.63) is 35.4 Å². The van der Waals surface area contributed by atoms with E-state index in [1.165, 1.54) is 6.92 Å². The van der Waals surface area contributed by atoms with Crippen LogP contribution in [0.25, 0.3) is 0 Å². The molecular weight excluding hydrogens is 337 g/mol. The zero-order valence-electron chi connectivity index (χ0n) is 13.5. The van der Waals surface area contributed by atoms with Crippen LogP contribution in [0, 0.1) is 0 Å². The van der Waals surface area contributed by atoms with Crippen LogP contribution in [0.2, 0.25) is 0 Å². The number of aryl methyl sites for hydroxylation is 1. The van der Waals surface area contributed by atoms with Crippen LogP contribution in [-0.4, -0.2) is 37.1 Å².